The third-order valence-electron chi connectivity index (χ3n) is 8.31. The van der Waals surface area contributed by atoms with E-state index in [1.54, 1.807) is 14.2 Å². The maximum atomic E-state index is 12.4. The van der Waals surface area contributed by atoms with Gasteiger partial charge in [0.05, 0.1) is 39.8 Å². The number of aliphatic hydroxyl groups excluding tert-OH is 1. The van der Waals surface area contributed by atoms with Gasteiger partial charge in [0.15, 0.2) is 0 Å². The molecule has 11 nitrogen and oxygen atoms in total. The molecule has 11 heteroatoms. The minimum Gasteiger partial charge on any atom is -0.497 e. The molecule has 42 heavy (non-hydrogen) atoms. The Balaban J connectivity index is 1.31. The van der Waals surface area contributed by atoms with Gasteiger partial charge in [-0.15, -0.1) is 0 Å². The number of methoxy groups -OCH3 is 2. The van der Waals surface area contributed by atoms with Crippen molar-refractivity contribution in [3.05, 3.63) is 95.6 Å². The van der Waals surface area contributed by atoms with E-state index >= 15 is 0 Å². The second kappa shape index (κ2) is 12.0. The fourth-order valence-electron chi connectivity index (χ4n) is 6.13. The Labute approximate surface area is 244 Å². The second-order valence-electron chi connectivity index (χ2n) is 10.7. The van der Waals surface area contributed by atoms with Gasteiger partial charge in [0.1, 0.15) is 41.8 Å². The van der Waals surface area contributed by atoms with Crippen molar-refractivity contribution in [2.45, 2.75) is 49.0 Å². The maximum absolute atomic E-state index is 12.4. The minimum absolute atomic E-state index is 0.105. The van der Waals surface area contributed by atoms with E-state index in [1.807, 2.05) is 83.8 Å². The first-order valence-electron chi connectivity index (χ1n) is 14.1. The third-order valence-corrected chi connectivity index (χ3v) is 8.31. The van der Waals surface area contributed by atoms with Gasteiger partial charge in [-0.3, -0.25) is 21.2 Å². The highest BCUT2D eigenvalue weighted by Crippen LogP contribution is 2.42. The molecule has 3 aliphatic heterocycles. The van der Waals surface area contributed by atoms with Crippen LogP contribution in [0.1, 0.15) is 23.1 Å². The lowest BCUT2D eigenvalue weighted by Crippen LogP contribution is -2.70. The quantitative estimate of drug-likeness (QED) is 0.235. The molecule has 222 valence electrons. The maximum Gasteiger partial charge on any atom is 0.242 e. The Hall–Kier alpha value is -3.55. The van der Waals surface area contributed by atoms with Gasteiger partial charge in [-0.05, 0) is 41.0 Å². The normalized spacial score (nSPS) is 27.9. The minimum atomic E-state index is -1.03. The van der Waals surface area contributed by atoms with Crippen molar-refractivity contribution in [3.63, 3.8) is 0 Å². The lowest BCUT2D eigenvalue weighted by molar-refractivity contribution is -0.132. The highest BCUT2D eigenvalue weighted by Gasteiger charge is 2.49. The van der Waals surface area contributed by atoms with Crippen LogP contribution in [0, 0.1) is 0 Å². The van der Waals surface area contributed by atoms with E-state index in [2.05, 4.69) is 16.0 Å². The van der Waals surface area contributed by atoms with E-state index in [-0.39, 0.29) is 18.7 Å². The highest BCUT2D eigenvalue weighted by molar-refractivity contribution is 5.84. The van der Waals surface area contributed by atoms with E-state index < -0.39 is 36.4 Å². The van der Waals surface area contributed by atoms with Crippen molar-refractivity contribution in [1.82, 2.24) is 20.9 Å². The van der Waals surface area contributed by atoms with Crippen molar-refractivity contribution >= 4 is 5.91 Å². The molecule has 3 unspecified atom stereocenters. The van der Waals surface area contributed by atoms with E-state index in [4.69, 9.17) is 24.7 Å². The van der Waals surface area contributed by atoms with E-state index in [1.165, 1.54) is 0 Å². The summed E-state index contributed by atoms with van der Waals surface area (Å²) in [6.45, 7) is 0.520. The van der Waals surface area contributed by atoms with Crippen LogP contribution < -0.4 is 31.2 Å². The molecule has 1 amide bonds. The SMILES string of the molecule is COc1ccc(C(OC[C@H]2O[C@@H](N3CNC4C(=O)NC(N)NC43)C[C@@H]2O)(c2ccccc2)c2ccc(OC)cc2)cc1. The zero-order chi connectivity index (χ0) is 29.3. The number of hydrogen-bond acceptors (Lipinski definition) is 10. The van der Waals surface area contributed by atoms with Crippen LogP contribution in [0.4, 0.5) is 0 Å². The van der Waals surface area contributed by atoms with Crippen molar-refractivity contribution in [3.8, 4) is 11.5 Å². The number of nitrogens with zero attached hydrogens (tertiary/aromatic N) is 1. The first-order chi connectivity index (χ1) is 20.4. The van der Waals surface area contributed by atoms with Gasteiger partial charge in [-0.2, -0.15) is 0 Å². The number of amides is 1. The van der Waals surface area contributed by atoms with Crippen molar-refractivity contribution < 1.29 is 28.8 Å². The predicted octanol–water partition coefficient (Wildman–Crippen LogP) is 1.01. The average molecular weight is 576 g/mol. The van der Waals surface area contributed by atoms with E-state index in [9.17, 15) is 9.90 Å². The Morgan fingerprint density at radius 3 is 2.14 bits per heavy atom. The Morgan fingerprint density at radius 1 is 0.952 bits per heavy atom. The fraction of sp³-hybridized carbons (Fsp3) is 0.387. The van der Waals surface area contributed by atoms with Crippen LogP contribution in [0.25, 0.3) is 0 Å². The molecule has 6 rings (SSSR count). The van der Waals surface area contributed by atoms with Gasteiger partial charge in [-0.1, -0.05) is 54.6 Å². The standard InChI is InChI=1S/C31H37N5O6/c1-39-22-12-8-20(9-13-22)31(19-6-4-3-5-7-19,21-10-14-23(40-2)15-11-21)41-17-25-24(37)16-26(42-25)36-18-33-27-28(36)34-30(32)35-29(27)38/h3-15,24-28,30,33-34,37H,16-18,32H2,1-2H3,(H,35,38)/t24-,25+,26+,27?,28?,30?/m0/s1. The molecule has 3 saturated heterocycles. The van der Waals surface area contributed by atoms with Crippen LogP contribution in [0.5, 0.6) is 11.5 Å². The zero-order valence-corrected chi connectivity index (χ0v) is 23.6. The number of fused-ring (bicyclic) bond motifs is 1. The van der Waals surface area contributed by atoms with Crippen LogP contribution >= 0.6 is 0 Å². The molecule has 3 aliphatic rings. The largest absolute Gasteiger partial charge is 0.497 e. The zero-order valence-electron chi connectivity index (χ0n) is 23.6. The molecule has 6 atom stereocenters. The van der Waals surface area contributed by atoms with Crippen LogP contribution in [0.15, 0.2) is 78.9 Å². The number of carbonyl (C=O) groups is 1. The molecule has 0 spiro atoms. The number of benzene rings is 3. The van der Waals surface area contributed by atoms with E-state index in [0.29, 0.717) is 13.1 Å². The summed E-state index contributed by atoms with van der Waals surface area (Å²) < 4.78 is 24.2. The molecule has 3 fully saturated rings. The first kappa shape index (κ1) is 28.6. The molecule has 0 aromatic heterocycles. The summed E-state index contributed by atoms with van der Waals surface area (Å²) in [5, 5.41) is 20.3. The summed E-state index contributed by atoms with van der Waals surface area (Å²) >= 11 is 0. The number of carbonyl (C=O) groups excluding carboxylic acids is 1. The predicted molar refractivity (Wildman–Crippen MR) is 154 cm³/mol. The molecule has 0 saturated carbocycles. The summed E-state index contributed by atoms with van der Waals surface area (Å²) in [6.07, 6.45) is -2.48. The number of nitrogens with one attached hydrogen (secondary N) is 3. The van der Waals surface area contributed by atoms with Crippen LogP contribution in [-0.2, 0) is 19.9 Å². The van der Waals surface area contributed by atoms with Gasteiger partial charge in [-0.25, -0.2) is 4.90 Å². The molecule has 0 bridgehead atoms. The monoisotopic (exact) mass is 575 g/mol. The number of nitrogens with two attached hydrogens (primary N) is 1. The lowest BCUT2D eigenvalue weighted by atomic mass is 9.80. The summed E-state index contributed by atoms with van der Waals surface area (Å²) in [5.74, 6) is 1.30. The number of hydrogen-bond donors (Lipinski definition) is 5. The summed E-state index contributed by atoms with van der Waals surface area (Å²) in [7, 11) is 3.27. The highest BCUT2D eigenvalue weighted by atomic mass is 16.6. The van der Waals surface area contributed by atoms with Crippen LogP contribution in [0.2, 0.25) is 0 Å². The molecular formula is C31H37N5O6. The topological polar surface area (TPSA) is 140 Å². The molecule has 6 N–H and O–H groups in total. The third kappa shape index (κ3) is 5.25. The number of rotatable bonds is 9. The smallest absolute Gasteiger partial charge is 0.242 e. The van der Waals surface area contributed by atoms with Gasteiger partial charge in [0.2, 0.25) is 5.91 Å². The summed E-state index contributed by atoms with van der Waals surface area (Å²) in [5.41, 5.74) is 7.64. The van der Waals surface area contributed by atoms with Gasteiger partial charge in [0, 0.05) is 6.42 Å². The van der Waals surface area contributed by atoms with Gasteiger partial charge < -0.3 is 29.4 Å². The first-order valence-corrected chi connectivity index (χ1v) is 14.1. The van der Waals surface area contributed by atoms with Crippen molar-refractivity contribution in [1.29, 1.82) is 0 Å². The molecular weight excluding hydrogens is 538 g/mol. The fourth-order valence-corrected chi connectivity index (χ4v) is 6.13. The Morgan fingerprint density at radius 2 is 1.55 bits per heavy atom. The molecule has 0 radical (unpaired) electrons. The molecule has 3 aromatic carbocycles. The average Bonchev–Trinajstić information content (AvgIpc) is 3.61. The lowest BCUT2D eigenvalue weighted by Gasteiger charge is -2.38. The number of ether oxygens (including phenoxy) is 4. The van der Waals surface area contributed by atoms with Crippen LogP contribution in [-0.4, -0.2) is 80.3 Å². The second-order valence-corrected chi connectivity index (χ2v) is 10.7. The number of aliphatic hydroxyl groups is 1. The Bertz CT molecular complexity index is 1310. The van der Waals surface area contributed by atoms with Crippen molar-refractivity contribution in [2.24, 2.45) is 5.73 Å². The molecule has 3 heterocycles. The van der Waals surface area contributed by atoms with Crippen molar-refractivity contribution in [2.75, 3.05) is 27.5 Å². The molecule has 3 aromatic rings. The van der Waals surface area contributed by atoms with Crippen LogP contribution in [0.3, 0.4) is 0 Å². The summed E-state index contributed by atoms with van der Waals surface area (Å²) in [4.78, 5) is 14.4. The van der Waals surface area contributed by atoms with Gasteiger partial charge in [0.25, 0.3) is 0 Å². The van der Waals surface area contributed by atoms with E-state index in [0.717, 1.165) is 28.2 Å². The Kier molecular flexibility index (Phi) is 8.15. The molecule has 0 aliphatic carbocycles. The summed E-state index contributed by atoms with van der Waals surface area (Å²) in [6, 6.07) is 25.1. The van der Waals surface area contributed by atoms with Gasteiger partial charge >= 0.3 is 0 Å².